The summed E-state index contributed by atoms with van der Waals surface area (Å²) in [5, 5.41) is 19.8. The molecule has 27 heavy (non-hydrogen) atoms. The SMILES string of the molecule is Cc1cccc(C)c1C(C(=O)O)(c1ccccc1)N1CCN(CCO)CC1. The highest BCUT2D eigenvalue weighted by molar-refractivity contribution is 5.86. The van der Waals surface area contributed by atoms with E-state index in [0.29, 0.717) is 19.6 Å². The van der Waals surface area contributed by atoms with Gasteiger partial charge >= 0.3 is 5.97 Å². The van der Waals surface area contributed by atoms with Crippen molar-refractivity contribution in [3.05, 3.63) is 70.8 Å². The van der Waals surface area contributed by atoms with E-state index in [1.807, 2.05) is 62.4 Å². The van der Waals surface area contributed by atoms with Crippen molar-refractivity contribution in [2.24, 2.45) is 0 Å². The van der Waals surface area contributed by atoms with Crippen molar-refractivity contribution in [1.82, 2.24) is 9.80 Å². The summed E-state index contributed by atoms with van der Waals surface area (Å²) in [6.45, 7) is 7.49. The summed E-state index contributed by atoms with van der Waals surface area (Å²) >= 11 is 0. The van der Waals surface area contributed by atoms with Gasteiger partial charge in [0.15, 0.2) is 5.54 Å². The van der Waals surface area contributed by atoms with Gasteiger partial charge in [-0.2, -0.15) is 0 Å². The number of carboxylic acid groups (broad SMARTS) is 1. The van der Waals surface area contributed by atoms with E-state index < -0.39 is 11.5 Å². The Morgan fingerprint density at radius 3 is 2.07 bits per heavy atom. The van der Waals surface area contributed by atoms with Crippen molar-refractivity contribution in [2.45, 2.75) is 19.4 Å². The Labute approximate surface area is 160 Å². The standard InChI is InChI=1S/C22H28N2O3/c1-17-7-6-8-18(2)20(17)22(21(26)27,19-9-4-3-5-10-19)24-13-11-23(12-14-24)15-16-25/h3-10,25H,11-16H2,1-2H3,(H,26,27). The quantitative estimate of drug-likeness (QED) is 0.819. The molecule has 1 heterocycles. The van der Waals surface area contributed by atoms with Gasteiger partial charge in [0.1, 0.15) is 0 Å². The summed E-state index contributed by atoms with van der Waals surface area (Å²) in [6, 6.07) is 15.5. The van der Waals surface area contributed by atoms with Crippen molar-refractivity contribution < 1.29 is 15.0 Å². The lowest BCUT2D eigenvalue weighted by Crippen LogP contribution is -2.60. The molecule has 1 saturated heterocycles. The predicted molar refractivity (Wildman–Crippen MR) is 106 cm³/mol. The highest BCUT2D eigenvalue weighted by Crippen LogP contribution is 2.40. The molecule has 1 aliphatic heterocycles. The highest BCUT2D eigenvalue weighted by atomic mass is 16.4. The van der Waals surface area contributed by atoms with Crippen LogP contribution < -0.4 is 0 Å². The van der Waals surface area contributed by atoms with Crippen LogP contribution in [0.25, 0.3) is 0 Å². The zero-order valence-electron chi connectivity index (χ0n) is 16.1. The minimum Gasteiger partial charge on any atom is -0.479 e. The van der Waals surface area contributed by atoms with Gasteiger partial charge in [-0.05, 0) is 36.1 Å². The number of β-amino-alcohol motifs (C(OH)–C–C–N with tert-alkyl or cyclic N) is 1. The van der Waals surface area contributed by atoms with Crippen LogP contribution in [-0.4, -0.2) is 65.3 Å². The molecule has 1 atom stereocenters. The first-order chi connectivity index (χ1) is 13.0. The maximum Gasteiger partial charge on any atom is 0.333 e. The van der Waals surface area contributed by atoms with Crippen LogP contribution in [0.15, 0.2) is 48.5 Å². The van der Waals surface area contributed by atoms with Gasteiger partial charge in [-0.3, -0.25) is 9.80 Å². The van der Waals surface area contributed by atoms with E-state index >= 15 is 0 Å². The molecule has 2 N–H and O–H groups in total. The molecule has 0 spiro atoms. The summed E-state index contributed by atoms with van der Waals surface area (Å²) in [6.07, 6.45) is 0. The van der Waals surface area contributed by atoms with Gasteiger partial charge in [0.2, 0.25) is 0 Å². The minimum atomic E-state index is -1.22. The average molecular weight is 368 g/mol. The zero-order valence-corrected chi connectivity index (χ0v) is 16.1. The monoisotopic (exact) mass is 368 g/mol. The molecule has 144 valence electrons. The van der Waals surface area contributed by atoms with E-state index in [1.54, 1.807) is 0 Å². The normalized spacial score (nSPS) is 18.2. The van der Waals surface area contributed by atoms with Crippen LogP contribution >= 0.6 is 0 Å². The maximum absolute atomic E-state index is 12.9. The number of carbonyl (C=O) groups is 1. The molecule has 0 saturated carbocycles. The third-order valence-corrected chi connectivity index (χ3v) is 5.61. The lowest BCUT2D eigenvalue weighted by Gasteiger charge is -2.46. The molecule has 5 nitrogen and oxygen atoms in total. The summed E-state index contributed by atoms with van der Waals surface area (Å²) in [7, 11) is 0. The van der Waals surface area contributed by atoms with E-state index in [0.717, 1.165) is 35.3 Å². The number of rotatable bonds is 6. The Morgan fingerprint density at radius 2 is 1.56 bits per heavy atom. The first-order valence-corrected chi connectivity index (χ1v) is 9.45. The first-order valence-electron chi connectivity index (χ1n) is 9.45. The fourth-order valence-electron chi connectivity index (χ4n) is 4.36. The zero-order chi connectivity index (χ0) is 19.4. The van der Waals surface area contributed by atoms with Crippen molar-refractivity contribution in [1.29, 1.82) is 0 Å². The smallest absolute Gasteiger partial charge is 0.333 e. The third-order valence-electron chi connectivity index (χ3n) is 5.61. The van der Waals surface area contributed by atoms with Gasteiger partial charge in [-0.1, -0.05) is 48.5 Å². The molecule has 0 aliphatic carbocycles. The van der Waals surface area contributed by atoms with Crippen LogP contribution in [0, 0.1) is 13.8 Å². The summed E-state index contributed by atoms with van der Waals surface area (Å²) < 4.78 is 0. The van der Waals surface area contributed by atoms with Crippen LogP contribution in [-0.2, 0) is 10.3 Å². The lowest BCUT2D eigenvalue weighted by molar-refractivity contribution is -0.151. The number of aryl methyl sites for hydroxylation is 2. The molecule has 0 bridgehead atoms. The van der Waals surface area contributed by atoms with Crippen molar-refractivity contribution in [2.75, 3.05) is 39.3 Å². The second-order valence-corrected chi connectivity index (χ2v) is 7.20. The van der Waals surface area contributed by atoms with Crippen LogP contribution in [0.5, 0.6) is 0 Å². The van der Waals surface area contributed by atoms with Crippen molar-refractivity contribution >= 4 is 5.97 Å². The fraction of sp³-hybridized carbons (Fsp3) is 0.409. The molecule has 0 radical (unpaired) electrons. The third kappa shape index (κ3) is 3.50. The molecule has 0 amide bonds. The Kier molecular flexibility index (Phi) is 5.95. The summed E-state index contributed by atoms with van der Waals surface area (Å²) in [4.78, 5) is 17.2. The molecule has 1 fully saturated rings. The lowest BCUT2D eigenvalue weighted by atomic mass is 9.76. The molecule has 2 aromatic rings. The summed E-state index contributed by atoms with van der Waals surface area (Å²) in [5.41, 5.74) is 2.39. The molecule has 1 aliphatic rings. The van der Waals surface area contributed by atoms with Gasteiger partial charge in [0.25, 0.3) is 0 Å². The number of hydrogen-bond acceptors (Lipinski definition) is 4. The number of aliphatic hydroxyl groups is 1. The van der Waals surface area contributed by atoms with E-state index in [1.165, 1.54) is 0 Å². The number of piperazine rings is 1. The second-order valence-electron chi connectivity index (χ2n) is 7.20. The topological polar surface area (TPSA) is 64.0 Å². The average Bonchev–Trinajstić information content (AvgIpc) is 2.66. The molecule has 3 rings (SSSR count). The predicted octanol–water partition coefficient (Wildman–Crippen LogP) is 2.24. The number of benzene rings is 2. The maximum atomic E-state index is 12.9. The first kappa shape index (κ1) is 19.5. The minimum absolute atomic E-state index is 0.125. The van der Waals surface area contributed by atoms with Crippen molar-refractivity contribution in [3.63, 3.8) is 0 Å². The van der Waals surface area contributed by atoms with E-state index in [-0.39, 0.29) is 6.61 Å². The van der Waals surface area contributed by atoms with Gasteiger partial charge in [0.05, 0.1) is 6.61 Å². The molecule has 2 aromatic carbocycles. The Balaban J connectivity index is 2.16. The Bertz CT molecular complexity index is 765. The number of carboxylic acids is 1. The number of hydrogen-bond donors (Lipinski definition) is 2. The van der Waals surface area contributed by atoms with Gasteiger partial charge in [-0.15, -0.1) is 0 Å². The van der Waals surface area contributed by atoms with Crippen molar-refractivity contribution in [3.8, 4) is 0 Å². The van der Waals surface area contributed by atoms with Gasteiger partial charge in [-0.25, -0.2) is 4.79 Å². The number of aliphatic carboxylic acids is 1. The van der Waals surface area contributed by atoms with E-state index in [2.05, 4.69) is 9.80 Å². The van der Waals surface area contributed by atoms with Crippen LogP contribution in [0.3, 0.4) is 0 Å². The van der Waals surface area contributed by atoms with Gasteiger partial charge < -0.3 is 10.2 Å². The Morgan fingerprint density at radius 1 is 0.963 bits per heavy atom. The van der Waals surface area contributed by atoms with E-state index in [4.69, 9.17) is 0 Å². The molecular formula is C22H28N2O3. The molecule has 0 aromatic heterocycles. The second kappa shape index (κ2) is 8.21. The number of nitrogens with zero attached hydrogens (tertiary/aromatic N) is 2. The highest BCUT2D eigenvalue weighted by Gasteiger charge is 2.49. The summed E-state index contributed by atoms with van der Waals surface area (Å²) in [5.74, 6) is -0.846. The molecule has 1 unspecified atom stereocenters. The molecular weight excluding hydrogens is 340 g/mol. The van der Waals surface area contributed by atoms with Gasteiger partial charge in [0, 0.05) is 32.7 Å². The largest absolute Gasteiger partial charge is 0.479 e. The molecule has 5 heteroatoms. The number of aliphatic hydroxyl groups excluding tert-OH is 1. The fourth-order valence-corrected chi connectivity index (χ4v) is 4.36. The van der Waals surface area contributed by atoms with E-state index in [9.17, 15) is 15.0 Å². The van der Waals surface area contributed by atoms with Crippen LogP contribution in [0.2, 0.25) is 0 Å². The van der Waals surface area contributed by atoms with Crippen LogP contribution in [0.1, 0.15) is 22.3 Å². The Hall–Kier alpha value is -2.21. The van der Waals surface area contributed by atoms with Crippen LogP contribution in [0.4, 0.5) is 0 Å².